The van der Waals surface area contributed by atoms with Crippen molar-refractivity contribution in [3.8, 4) is 5.75 Å². The first-order valence-corrected chi connectivity index (χ1v) is 6.17. The Morgan fingerprint density at radius 3 is 2.58 bits per heavy atom. The van der Waals surface area contributed by atoms with Crippen molar-refractivity contribution in [2.45, 2.75) is 9.92 Å². The maximum absolute atomic E-state index is 8.72. The van der Waals surface area contributed by atoms with Gasteiger partial charge in [0.25, 0.3) is 0 Å². The molecule has 0 saturated heterocycles. The number of oxime groups is 1. The van der Waals surface area contributed by atoms with E-state index in [0.29, 0.717) is 10.7 Å². The Kier molecular flexibility index (Phi) is 4.19. The summed E-state index contributed by atoms with van der Waals surface area (Å²) in [6, 6.07) is 7.49. The van der Waals surface area contributed by atoms with Gasteiger partial charge in [-0.3, -0.25) is 0 Å². The second kappa shape index (κ2) is 6.05. The molecule has 0 radical (unpaired) electrons. The molecular formula is C12H12N4O2S. The van der Waals surface area contributed by atoms with Crippen molar-refractivity contribution in [1.82, 2.24) is 9.97 Å². The smallest absolute Gasteiger partial charge is 0.191 e. The fourth-order valence-electron chi connectivity index (χ4n) is 1.38. The summed E-state index contributed by atoms with van der Waals surface area (Å²) in [7, 11) is 1.61. The van der Waals surface area contributed by atoms with Crippen LogP contribution in [0.1, 0.15) is 5.69 Å². The lowest BCUT2D eigenvalue weighted by Gasteiger charge is -2.06. The lowest BCUT2D eigenvalue weighted by Crippen LogP contribution is -2.16. The van der Waals surface area contributed by atoms with E-state index < -0.39 is 0 Å². The molecule has 0 aliphatic heterocycles. The molecule has 0 aliphatic rings. The van der Waals surface area contributed by atoms with Crippen LogP contribution in [0.15, 0.2) is 51.7 Å². The molecule has 2 rings (SSSR count). The van der Waals surface area contributed by atoms with Crippen LogP contribution in [-0.2, 0) is 0 Å². The molecule has 1 aromatic carbocycles. The molecule has 2 aromatic rings. The molecule has 1 heterocycles. The molecule has 19 heavy (non-hydrogen) atoms. The summed E-state index contributed by atoms with van der Waals surface area (Å²) in [6.45, 7) is 0. The van der Waals surface area contributed by atoms with E-state index in [0.717, 1.165) is 10.6 Å². The van der Waals surface area contributed by atoms with E-state index in [1.54, 1.807) is 13.3 Å². The van der Waals surface area contributed by atoms with Gasteiger partial charge in [0.05, 0.1) is 7.11 Å². The van der Waals surface area contributed by atoms with Crippen LogP contribution in [0.2, 0.25) is 0 Å². The van der Waals surface area contributed by atoms with E-state index in [9.17, 15) is 0 Å². The average Bonchev–Trinajstić information content (AvgIpc) is 2.48. The number of rotatable bonds is 4. The summed E-state index contributed by atoms with van der Waals surface area (Å²) in [5, 5.41) is 12.2. The molecule has 7 heteroatoms. The summed E-state index contributed by atoms with van der Waals surface area (Å²) < 4.78 is 5.09. The molecule has 0 bridgehead atoms. The van der Waals surface area contributed by atoms with Crippen molar-refractivity contribution in [2.24, 2.45) is 10.9 Å². The fourth-order valence-corrected chi connectivity index (χ4v) is 2.24. The zero-order chi connectivity index (χ0) is 13.7. The van der Waals surface area contributed by atoms with Crippen LogP contribution in [0.4, 0.5) is 0 Å². The monoisotopic (exact) mass is 276 g/mol. The van der Waals surface area contributed by atoms with Gasteiger partial charge in [-0.05, 0) is 24.3 Å². The largest absolute Gasteiger partial charge is 0.497 e. The summed E-state index contributed by atoms with van der Waals surface area (Å²) in [5.41, 5.74) is 5.91. The first-order chi connectivity index (χ1) is 9.24. The van der Waals surface area contributed by atoms with Crippen LogP contribution in [0.25, 0.3) is 0 Å². The third-order valence-corrected chi connectivity index (χ3v) is 3.29. The van der Waals surface area contributed by atoms with Gasteiger partial charge in [0.1, 0.15) is 16.5 Å². The summed E-state index contributed by atoms with van der Waals surface area (Å²) in [5.74, 6) is 0.712. The quantitative estimate of drug-likeness (QED) is 0.382. The van der Waals surface area contributed by atoms with Gasteiger partial charge in [-0.1, -0.05) is 16.9 Å². The predicted molar refractivity (Wildman–Crippen MR) is 71.7 cm³/mol. The van der Waals surface area contributed by atoms with Gasteiger partial charge >= 0.3 is 0 Å². The standard InChI is InChI=1S/C12H12N4O2S/c1-18-8-2-4-9(5-3-8)19-12-10(11(13)16-17)14-6-7-15-12/h2-7,17H,1H3,(H2,13,16). The van der Waals surface area contributed by atoms with Crippen molar-refractivity contribution < 1.29 is 9.94 Å². The fraction of sp³-hybridized carbons (Fsp3) is 0.0833. The second-order valence-corrected chi connectivity index (χ2v) is 4.54. The minimum Gasteiger partial charge on any atom is -0.497 e. The minimum atomic E-state index is -0.0656. The van der Waals surface area contributed by atoms with Crippen LogP contribution in [0.5, 0.6) is 5.75 Å². The van der Waals surface area contributed by atoms with Gasteiger partial charge in [0, 0.05) is 17.3 Å². The van der Waals surface area contributed by atoms with E-state index in [1.807, 2.05) is 24.3 Å². The maximum atomic E-state index is 8.72. The number of methoxy groups -OCH3 is 1. The molecule has 3 N–H and O–H groups in total. The average molecular weight is 276 g/mol. The molecule has 98 valence electrons. The first-order valence-electron chi connectivity index (χ1n) is 5.35. The lowest BCUT2D eigenvalue weighted by atomic mass is 10.3. The molecule has 0 fully saturated rings. The van der Waals surface area contributed by atoms with E-state index in [4.69, 9.17) is 15.7 Å². The Hall–Kier alpha value is -2.28. The van der Waals surface area contributed by atoms with Crippen LogP contribution in [0.3, 0.4) is 0 Å². The van der Waals surface area contributed by atoms with E-state index in [-0.39, 0.29) is 5.84 Å². The normalized spacial score (nSPS) is 11.3. The molecule has 1 aromatic heterocycles. The summed E-state index contributed by atoms with van der Waals surface area (Å²) in [4.78, 5) is 9.19. The number of nitrogens with two attached hydrogens (primary N) is 1. The lowest BCUT2D eigenvalue weighted by molar-refractivity contribution is 0.318. The Morgan fingerprint density at radius 2 is 1.95 bits per heavy atom. The molecule has 0 saturated carbocycles. The topological polar surface area (TPSA) is 93.6 Å². The molecule has 0 atom stereocenters. The second-order valence-electron chi connectivity index (χ2n) is 3.47. The highest BCUT2D eigenvalue weighted by atomic mass is 32.2. The Balaban J connectivity index is 2.27. The van der Waals surface area contributed by atoms with E-state index in [2.05, 4.69) is 15.1 Å². The number of hydrogen-bond donors (Lipinski definition) is 2. The van der Waals surface area contributed by atoms with Crippen LogP contribution in [0, 0.1) is 0 Å². The SMILES string of the molecule is COc1ccc(Sc2nccnc2C(N)=NO)cc1. The van der Waals surface area contributed by atoms with Gasteiger partial charge in [-0.2, -0.15) is 0 Å². The number of ether oxygens (including phenoxy) is 1. The maximum Gasteiger partial charge on any atom is 0.191 e. The van der Waals surface area contributed by atoms with Crippen molar-refractivity contribution in [2.75, 3.05) is 7.11 Å². The Labute approximate surface area is 114 Å². The van der Waals surface area contributed by atoms with Crippen molar-refractivity contribution >= 4 is 17.6 Å². The van der Waals surface area contributed by atoms with E-state index in [1.165, 1.54) is 18.0 Å². The summed E-state index contributed by atoms with van der Waals surface area (Å²) in [6.07, 6.45) is 3.05. The van der Waals surface area contributed by atoms with Crippen molar-refractivity contribution in [3.05, 3.63) is 42.4 Å². The minimum absolute atomic E-state index is 0.0656. The van der Waals surface area contributed by atoms with Gasteiger partial charge < -0.3 is 15.7 Å². The Morgan fingerprint density at radius 1 is 1.26 bits per heavy atom. The van der Waals surface area contributed by atoms with Gasteiger partial charge in [0.2, 0.25) is 0 Å². The van der Waals surface area contributed by atoms with Crippen molar-refractivity contribution in [1.29, 1.82) is 0 Å². The first kappa shape index (κ1) is 13.2. The van der Waals surface area contributed by atoms with Crippen LogP contribution < -0.4 is 10.5 Å². The predicted octanol–water partition coefficient (Wildman–Crippen LogP) is 1.73. The number of amidine groups is 1. The Bertz CT molecular complexity index is 587. The van der Waals surface area contributed by atoms with Crippen molar-refractivity contribution in [3.63, 3.8) is 0 Å². The van der Waals surface area contributed by atoms with Gasteiger partial charge in [-0.15, -0.1) is 0 Å². The number of hydrogen-bond acceptors (Lipinski definition) is 6. The molecular weight excluding hydrogens is 264 g/mol. The highest BCUT2D eigenvalue weighted by molar-refractivity contribution is 7.99. The molecule has 6 nitrogen and oxygen atoms in total. The highest BCUT2D eigenvalue weighted by Gasteiger charge is 2.11. The number of benzene rings is 1. The van der Waals surface area contributed by atoms with Crippen LogP contribution >= 0.6 is 11.8 Å². The van der Waals surface area contributed by atoms with Gasteiger partial charge in [0.15, 0.2) is 5.84 Å². The number of aromatic nitrogens is 2. The third-order valence-electron chi connectivity index (χ3n) is 2.29. The van der Waals surface area contributed by atoms with Gasteiger partial charge in [-0.25, -0.2) is 9.97 Å². The number of nitrogens with zero attached hydrogens (tertiary/aromatic N) is 3. The molecule has 0 amide bonds. The molecule has 0 aliphatic carbocycles. The molecule has 0 spiro atoms. The summed E-state index contributed by atoms with van der Waals surface area (Å²) >= 11 is 1.38. The highest BCUT2D eigenvalue weighted by Crippen LogP contribution is 2.28. The zero-order valence-electron chi connectivity index (χ0n) is 10.1. The van der Waals surface area contributed by atoms with Crippen LogP contribution in [-0.4, -0.2) is 28.1 Å². The molecule has 0 unspecified atom stereocenters. The third kappa shape index (κ3) is 3.14. The zero-order valence-corrected chi connectivity index (χ0v) is 11.0. The van der Waals surface area contributed by atoms with E-state index >= 15 is 0 Å².